The summed E-state index contributed by atoms with van der Waals surface area (Å²) in [4.78, 5) is 16.8. The molecule has 1 amide bonds. The van der Waals surface area contributed by atoms with E-state index in [-0.39, 0.29) is 12.5 Å². The molecule has 0 saturated heterocycles. The van der Waals surface area contributed by atoms with Crippen molar-refractivity contribution in [2.75, 3.05) is 5.32 Å². The number of amides is 1. The lowest BCUT2D eigenvalue weighted by molar-refractivity contribution is -0.115. The van der Waals surface area contributed by atoms with E-state index in [0.29, 0.717) is 21.8 Å². The fraction of sp³-hybridized carbons (Fsp3) is 0.167. The van der Waals surface area contributed by atoms with E-state index in [2.05, 4.69) is 20.5 Å². The number of nitrogens with zero attached hydrogens (tertiary/aromatic N) is 4. The molecule has 2 aromatic heterocycles. The number of benzene rings is 2. The lowest BCUT2D eigenvalue weighted by Crippen LogP contribution is -2.23. The molecule has 1 N–H and O–H groups in total. The maximum Gasteiger partial charge on any atom is 0.238 e. The average molecular weight is 480 g/mol. The highest BCUT2D eigenvalue weighted by molar-refractivity contribution is 8.00. The van der Waals surface area contributed by atoms with E-state index < -0.39 is 5.25 Å². The first kappa shape index (κ1) is 22.8. The van der Waals surface area contributed by atoms with E-state index in [1.807, 2.05) is 73.0 Å². The topological polar surface area (TPSA) is 81.9 Å². The highest BCUT2D eigenvalue weighted by atomic mass is 35.5. The van der Waals surface area contributed by atoms with Gasteiger partial charge in [0.05, 0.1) is 10.3 Å². The molecular weight excluding hydrogens is 458 g/mol. The lowest BCUT2D eigenvalue weighted by Gasteiger charge is -2.14. The Bertz CT molecular complexity index is 1230. The Morgan fingerprint density at radius 3 is 2.58 bits per heavy atom. The molecule has 0 aliphatic carbocycles. The van der Waals surface area contributed by atoms with Gasteiger partial charge in [0.1, 0.15) is 18.2 Å². The summed E-state index contributed by atoms with van der Waals surface area (Å²) < 4.78 is 7.92. The molecular formula is C24H22ClN5O2S. The Hall–Kier alpha value is -3.36. The monoisotopic (exact) mass is 479 g/mol. The van der Waals surface area contributed by atoms with Gasteiger partial charge in [-0.25, -0.2) is 4.98 Å². The van der Waals surface area contributed by atoms with Crippen molar-refractivity contribution < 1.29 is 9.53 Å². The summed E-state index contributed by atoms with van der Waals surface area (Å²) in [5.74, 6) is 1.67. The average Bonchev–Trinajstić information content (AvgIpc) is 3.22. The Morgan fingerprint density at radius 1 is 1.09 bits per heavy atom. The maximum atomic E-state index is 12.7. The van der Waals surface area contributed by atoms with Crippen LogP contribution < -0.4 is 10.1 Å². The van der Waals surface area contributed by atoms with E-state index in [9.17, 15) is 4.79 Å². The van der Waals surface area contributed by atoms with Gasteiger partial charge in [0.2, 0.25) is 5.91 Å². The van der Waals surface area contributed by atoms with Crippen molar-refractivity contribution in [3.63, 3.8) is 0 Å². The molecule has 33 heavy (non-hydrogen) atoms. The lowest BCUT2D eigenvalue weighted by atomic mass is 10.2. The third kappa shape index (κ3) is 5.71. The second-order valence-corrected chi connectivity index (χ2v) is 8.98. The fourth-order valence-electron chi connectivity index (χ4n) is 3.06. The number of para-hydroxylation sites is 2. The Balaban J connectivity index is 1.54. The molecule has 0 fully saturated rings. The summed E-state index contributed by atoms with van der Waals surface area (Å²) in [5, 5.41) is 12.2. The van der Waals surface area contributed by atoms with Crippen molar-refractivity contribution in [1.82, 2.24) is 19.7 Å². The van der Waals surface area contributed by atoms with Crippen LogP contribution in [-0.2, 0) is 11.4 Å². The van der Waals surface area contributed by atoms with Crippen LogP contribution in [0.5, 0.6) is 5.75 Å². The molecule has 0 aliphatic rings. The van der Waals surface area contributed by atoms with Gasteiger partial charge in [0.15, 0.2) is 11.0 Å². The number of pyridine rings is 1. The van der Waals surface area contributed by atoms with Gasteiger partial charge in [-0.1, -0.05) is 59.8 Å². The molecule has 0 spiro atoms. The fourth-order valence-corrected chi connectivity index (χ4v) is 4.05. The number of rotatable bonds is 8. The smallest absolute Gasteiger partial charge is 0.238 e. The molecule has 4 rings (SSSR count). The van der Waals surface area contributed by atoms with Crippen molar-refractivity contribution in [3.8, 4) is 11.4 Å². The highest BCUT2D eigenvalue weighted by Crippen LogP contribution is 2.27. The molecule has 0 saturated carbocycles. The molecule has 0 unspecified atom stereocenters. The first-order valence-corrected chi connectivity index (χ1v) is 11.5. The number of nitrogens with one attached hydrogen (secondary N) is 1. The minimum Gasteiger partial charge on any atom is -0.485 e. The van der Waals surface area contributed by atoms with Crippen LogP contribution in [0, 0.1) is 6.92 Å². The van der Waals surface area contributed by atoms with E-state index in [1.54, 1.807) is 12.1 Å². The van der Waals surface area contributed by atoms with Gasteiger partial charge in [-0.05, 0) is 49.7 Å². The zero-order chi connectivity index (χ0) is 23.2. The summed E-state index contributed by atoms with van der Waals surface area (Å²) in [6.45, 7) is 4.04. The number of halogens is 1. The van der Waals surface area contributed by atoms with Crippen molar-refractivity contribution in [1.29, 1.82) is 0 Å². The van der Waals surface area contributed by atoms with Crippen LogP contribution in [0.25, 0.3) is 5.69 Å². The zero-order valence-corrected chi connectivity index (χ0v) is 19.7. The van der Waals surface area contributed by atoms with Crippen LogP contribution >= 0.6 is 23.4 Å². The minimum atomic E-state index is -0.445. The van der Waals surface area contributed by atoms with Crippen LogP contribution in [0.2, 0.25) is 5.02 Å². The number of hydrogen-bond donors (Lipinski definition) is 1. The summed E-state index contributed by atoms with van der Waals surface area (Å²) in [6.07, 6.45) is 1.49. The van der Waals surface area contributed by atoms with E-state index in [4.69, 9.17) is 16.3 Å². The second-order valence-electron chi connectivity index (χ2n) is 7.23. The second kappa shape index (κ2) is 10.5. The van der Waals surface area contributed by atoms with Crippen molar-refractivity contribution in [2.45, 2.75) is 30.9 Å². The number of aryl methyl sites for hydroxylation is 1. The first-order chi connectivity index (χ1) is 16.0. The van der Waals surface area contributed by atoms with Crippen LogP contribution in [0.15, 0.2) is 78.1 Å². The third-order valence-corrected chi connectivity index (χ3v) is 6.06. The number of thioether (sulfide) groups is 1. The Morgan fingerprint density at radius 2 is 1.85 bits per heavy atom. The molecule has 2 aromatic carbocycles. The largest absolute Gasteiger partial charge is 0.485 e. The van der Waals surface area contributed by atoms with Gasteiger partial charge in [0.25, 0.3) is 0 Å². The summed E-state index contributed by atoms with van der Waals surface area (Å²) in [6, 6.07) is 20.9. The van der Waals surface area contributed by atoms with Crippen molar-refractivity contribution in [2.24, 2.45) is 0 Å². The van der Waals surface area contributed by atoms with E-state index in [1.165, 1.54) is 18.0 Å². The van der Waals surface area contributed by atoms with E-state index in [0.717, 1.165) is 17.0 Å². The molecule has 168 valence electrons. The predicted molar refractivity (Wildman–Crippen MR) is 130 cm³/mol. The van der Waals surface area contributed by atoms with Crippen LogP contribution in [0.1, 0.15) is 18.3 Å². The van der Waals surface area contributed by atoms with Gasteiger partial charge in [-0.15, -0.1) is 10.2 Å². The number of carbonyl (C=O) groups excluding carboxylic acids is 1. The Kier molecular flexibility index (Phi) is 7.26. The number of hydrogen-bond acceptors (Lipinski definition) is 6. The van der Waals surface area contributed by atoms with Crippen molar-refractivity contribution in [3.05, 3.63) is 89.3 Å². The van der Waals surface area contributed by atoms with Gasteiger partial charge in [-0.3, -0.25) is 9.36 Å². The molecule has 0 aliphatic heterocycles. The zero-order valence-electron chi connectivity index (χ0n) is 18.1. The first-order valence-electron chi connectivity index (χ1n) is 10.3. The molecule has 7 nitrogen and oxygen atoms in total. The quantitative estimate of drug-likeness (QED) is 0.344. The maximum absolute atomic E-state index is 12.7. The SMILES string of the molecule is Cc1ccccc1OCc1nnc(S[C@@H](C)C(=O)Nc2ccc(Cl)cn2)n1-c1ccccc1. The number of anilines is 1. The van der Waals surface area contributed by atoms with Gasteiger partial charge in [-0.2, -0.15) is 0 Å². The molecule has 0 bridgehead atoms. The third-order valence-electron chi connectivity index (χ3n) is 4.80. The molecule has 1 atom stereocenters. The number of ether oxygens (including phenoxy) is 1. The normalized spacial score (nSPS) is 11.7. The molecule has 9 heteroatoms. The van der Waals surface area contributed by atoms with Gasteiger partial charge in [0, 0.05) is 11.9 Å². The summed E-state index contributed by atoms with van der Waals surface area (Å²) >= 11 is 7.17. The number of carbonyl (C=O) groups is 1. The van der Waals surface area contributed by atoms with Crippen LogP contribution in [0.4, 0.5) is 5.82 Å². The van der Waals surface area contributed by atoms with Gasteiger partial charge >= 0.3 is 0 Å². The van der Waals surface area contributed by atoms with Crippen LogP contribution in [-0.4, -0.2) is 30.9 Å². The molecule has 4 aromatic rings. The van der Waals surface area contributed by atoms with Gasteiger partial charge < -0.3 is 10.1 Å². The minimum absolute atomic E-state index is 0.199. The summed E-state index contributed by atoms with van der Waals surface area (Å²) in [5.41, 5.74) is 1.93. The summed E-state index contributed by atoms with van der Waals surface area (Å²) in [7, 11) is 0. The van der Waals surface area contributed by atoms with Crippen LogP contribution in [0.3, 0.4) is 0 Å². The standard InChI is InChI=1S/C24H22ClN5O2S/c1-16-8-6-7-11-20(16)32-15-22-28-29-24(30(22)19-9-4-3-5-10-19)33-17(2)23(31)27-21-13-12-18(25)14-26-21/h3-14,17H,15H2,1-2H3,(H,26,27,31)/t17-/m0/s1. The predicted octanol–water partition coefficient (Wildman–Crippen LogP) is 5.32. The Labute approximate surface area is 201 Å². The molecule has 0 radical (unpaired) electrons. The van der Waals surface area contributed by atoms with Crippen molar-refractivity contribution >= 4 is 35.1 Å². The molecule has 2 heterocycles. The number of aromatic nitrogens is 4. The van der Waals surface area contributed by atoms with E-state index >= 15 is 0 Å². The highest BCUT2D eigenvalue weighted by Gasteiger charge is 2.22.